The molecule has 0 fully saturated rings. The molecule has 11 heteroatoms. The van der Waals surface area contributed by atoms with Gasteiger partial charge in [-0.3, -0.25) is 18.6 Å². The molecule has 2 aromatic carbocycles. The molecule has 0 unspecified atom stereocenters. The molecule has 4 aromatic rings. The van der Waals surface area contributed by atoms with Crippen molar-refractivity contribution in [2.45, 2.75) is 5.16 Å². The summed E-state index contributed by atoms with van der Waals surface area (Å²) in [7, 11) is 0. The molecule has 0 atom stereocenters. The summed E-state index contributed by atoms with van der Waals surface area (Å²) in [5.74, 6) is -1.46. The Kier molecular flexibility index (Phi) is 5.64. The average molecular weight is 492 g/mol. The van der Waals surface area contributed by atoms with Crippen LogP contribution in [0.3, 0.4) is 0 Å². The predicted molar refractivity (Wildman–Crippen MR) is 112 cm³/mol. The van der Waals surface area contributed by atoms with Crippen LogP contribution in [0.4, 0.5) is 14.5 Å². The number of amides is 1. The summed E-state index contributed by atoms with van der Waals surface area (Å²) in [6.07, 6.45) is 3.09. The van der Waals surface area contributed by atoms with Gasteiger partial charge in [0.15, 0.2) is 5.16 Å². The largest absolute Gasteiger partial charge is 0.323 e. The summed E-state index contributed by atoms with van der Waals surface area (Å²) < 4.78 is 30.3. The van der Waals surface area contributed by atoms with E-state index in [2.05, 4.69) is 31.4 Å². The first-order valence-electron chi connectivity index (χ1n) is 8.52. The zero-order valence-electron chi connectivity index (χ0n) is 15.1. The molecule has 0 saturated carbocycles. The quantitative estimate of drug-likeness (QED) is 0.431. The fourth-order valence-corrected chi connectivity index (χ4v) is 3.73. The number of thioether (sulfide) groups is 1. The van der Waals surface area contributed by atoms with Gasteiger partial charge in [-0.1, -0.05) is 27.7 Å². The normalized spacial score (nSPS) is 11.0. The third-order valence-electron chi connectivity index (χ3n) is 4.08. The molecule has 30 heavy (non-hydrogen) atoms. The minimum Gasteiger partial charge on any atom is -0.323 e. The number of hydrogen-bond donors (Lipinski definition) is 1. The van der Waals surface area contributed by atoms with E-state index in [-0.39, 0.29) is 17.1 Å². The maximum absolute atomic E-state index is 13.8. The van der Waals surface area contributed by atoms with Crippen molar-refractivity contribution in [1.82, 2.24) is 19.2 Å². The van der Waals surface area contributed by atoms with Crippen LogP contribution in [0.25, 0.3) is 11.3 Å². The van der Waals surface area contributed by atoms with Crippen LogP contribution in [0.2, 0.25) is 0 Å². The van der Waals surface area contributed by atoms with Crippen LogP contribution in [0, 0.1) is 11.6 Å². The number of hydrogen-bond acceptors (Lipinski definition) is 5. The lowest BCUT2D eigenvalue weighted by Crippen LogP contribution is -2.20. The molecule has 0 aliphatic heterocycles. The SMILES string of the molecule is O=C(CSc1nnc2c(=O)n(-c3ccc(F)cc3)ccn12)Nc1ccc(Br)cc1F. The van der Waals surface area contributed by atoms with Crippen LogP contribution >= 0.6 is 27.7 Å². The van der Waals surface area contributed by atoms with Crippen molar-refractivity contribution in [3.05, 3.63) is 81.3 Å². The van der Waals surface area contributed by atoms with Crippen LogP contribution in [-0.2, 0) is 4.79 Å². The van der Waals surface area contributed by atoms with Gasteiger partial charge >= 0.3 is 5.56 Å². The van der Waals surface area contributed by atoms with Crippen LogP contribution in [0.1, 0.15) is 0 Å². The van der Waals surface area contributed by atoms with E-state index in [1.54, 1.807) is 12.3 Å². The van der Waals surface area contributed by atoms with Crippen molar-refractivity contribution in [2.75, 3.05) is 11.1 Å². The second-order valence-electron chi connectivity index (χ2n) is 6.09. The number of benzene rings is 2. The number of anilines is 1. The van der Waals surface area contributed by atoms with Gasteiger partial charge in [0.1, 0.15) is 11.6 Å². The molecule has 0 spiro atoms. The first kappa shape index (κ1) is 20.2. The van der Waals surface area contributed by atoms with E-state index < -0.39 is 23.1 Å². The van der Waals surface area contributed by atoms with Crippen LogP contribution in [0.5, 0.6) is 0 Å². The molecule has 0 aliphatic carbocycles. The summed E-state index contributed by atoms with van der Waals surface area (Å²) in [6, 6.07) is 9.78. The highest BCUT2D eigenvalue weighted by molar-refractivity contribution is 9.10. The highest BCUT2D eigenvalue weighted by atomic mass is 79.9. The van der Waals surface area contributed by atoms with Crippen LogP contribution in [0.15, 0.2) is 69.3 Å². The molecule has 2 aromatic heterocycles. The van der Waals surface area contributed by atoms with E-state index in [4.69, 9.17) is 0 Å². The Morgan fingerprint density at radius 2 is 1.87 bits per heavy atom. The van der Waals surface area contributed by atoms with E-state index in [0.717, 1.165) is 11.8 Å². The van der Waals surface area contributed by atoms with Gasteiger partial charge in [0.05, 0.1) is 11.4 Å². The van der Waals surface area contributed by atoms with E-state index >= 15 is 0 Å². The van der Waals surface area contributed by atoms with E-state index in [1.165, 1.54) is 51.6 Å². The average Bonchev–Trinajstić information content (AvgIpc) is 3.14. The monoisotopic (exact) mass is 491 g/mol. The van der Waals surface area contributed by atoms with Crippen molar-refractivity contribution in [3.8, 4) is 5.69 Å². The molecule has 2 heterocycles. The molecular formula is C19H12BrF2N5O2S. The number of halogens is 3. The molecule has 152 valence electrons. The van der Waals surface area contributed by atoms with Gasteiger partial charge < -0.3 is 5.32 Å². The topological polar surface area (TPSA) is 81.3 Å². The summed E-state index contributed by atoms with van der Waals surface area (Å²) in [5.41, 5.74) is 0.169. The van der Waals surface area contributed by atoms with Crippen molar-refractivity contribution in [2.24, 2.45) is 0 Å². The van der Waals surface area contributed by atoms with E-state index in [1.807, 2.05) is 0 Å². The number of carbonyl (C=O) groups is 1. The van der Waals surface area contributed by atoms with Gasteiger partial charge in [-0.15, -0.1) is 10.2 Å². The van der Waals surface area contributed by atoms with Gasteiger partial charge in [0.25, 0.3) is 0 Å². The molecule has 1 N–H and O–H groups in total. The number of rotatable bonds is 5. The van der Waals surface area contributed by atoms with Gasteiger partial charge in [-0.25, -0.2) is 8.78 Å². The third kappa shape index (κ3) is 4.12. The molecule has 0 bridgehead atoms. The zero-order valence-corrected chi connectivity index (χ0v) is 17.5. The van der Waals surface area contributed by atoms with Crippen LogP contribution in [-0.4, -0.2) is 30.8 Å². The van der Waals surface area contributed by atoms with Crippen molar-refractivity contribution in [3.63, 3.8) is 0 Å². The Labute approximate surface area is 180 Å². The fourth-order valence-electron chi connectivity index (χ4n) is 2.68. The first-order valence-corrected chi connectivity index (χ1v) is 10.3. The zero-order chi connectivity index (χ0) is 21.3. The Morgan fingerprint density at radius 3 is 2.60 bits per heavy atom. The summed E-state index contributed by atoms with van der Waals surface area (Å²) in [4.78, 5) is 24.8. The standard InChI is InChI=1S/C19H12BrF2N5O2S/c20-11-1-6-15(14(22)9-11)23-16(28)10-30-19-25-24-17-18(29)26(7-8-27(17)19)13-4-2-12(21)3-5-13/h1-9H,10H2,(H,23,28). The minimum absolute atomic E-state index is 0.0582. The maximum atomic E-state index is 13.8. The summed E-state index contributed by atoms with van der Waals surface area (Å²) in [5, 5.41) is 10.7. The lowest BCUT2D eigenvalue weighted by Gasteiger charge is -2.07. The second kappa shape index (κ2) is 8.36. The van der Waals surface area contributed by atoms with Gasteiger partial charge in [-0.2, -0.15) is 0 Å². The van der Waals surface area contributed by atoms with Crippen molar-refractivity contribution < 1.29 is 13.6 Å². The second-order valence-corrected chi connectivity index (χ2v) is 7.95. The lowest BCUT2D eigenvalue weighted by molar-refractivity contribution is -0.113. The Hall–Kier alpha value is -3.05. The number of nitrogens with zero attached hydrogens (tertiary/aromatic N) is 4. The van der Waals surface area contributed by atoms with E-state index in [9.17, 15) is 18.4 Å². The summed E-state index contributed by atoms with van der Waals surface area (Å²) >= 11 is 4.21. The molecule has 1 amide bonds. The Morgan fingerprint density at radius 1 is 1.10 bits per heavy atom. The van der Waals surface area contributed by atoms with Gasteiger partial charge in [0, 0.05) is 22.6 Å². The third-order valence-corrected chi connectivity index (χ3v) is 5.52. The maximum Gasteiger partial charge on any atom is 0.300 e. The van der Waals surface area contributed by atoms with Crippen molar-refractivity contribution >= 4 is 44.9 Å². The fraction of sp³-hybridized carbons (Fsp3) is 0.0526. The van der Waals surface area contributed by atoms with Gasteiger partial charge in [0.2, 0.25) is 11.6 Å². The van der Waals surface area contributed by atoms with Crippen molar-refractivity contribution in [1.29, 1.82) is 0 Å². The van der Waals surface area contributed by atoms with Crippen LogP contribution < -0.4 is 10.9 Å². The highest BCUT2D eigenvalue weighted by Crippen LogP contribution is 2.21. The highest BCUT2D eigenvalue weighted by Gasteiger charge is 2.14. The number of carbonyl (C=O) groups excluding carboxylic acids is 1. The molecule has 0 radical (unpaired) electrons. The van der Waals surface area contributed by atoms with E-state index in [0.29, 0.717) is 15.3 Å². The lowest BCUT2D eigenvalue weighted by atomic mass is 10.3. The molecule has 0 saturated heterocycles. The number of nitrogens with one attached hydrogen (secondary N) is 1. The predicted octanol–water partition coefficient (Wildman–Crippen LogP) is 3.65. The molecule has 7 nitrogen and oxygen atoms in total. The number of aromatic nitrogens is 4. The first-order chi connectivity index (χ1) is 14.4. The Balaban J connectivity index is 1.51. The molecule has 0 aliphatic rings. The summed E-state index contributed by atoms with van der Waals surface area (Å²) in [6.45, 7) is 0. The van der Waals surface area contributed by atoms with Gasteiger partial charge in [-0.05, 0) is 42.5 Å². The number of fused-ring (bicyclic) bond motifs is 1. The molecular weight excluding hydrogens is 480 g/mol. The minimum atomic E-state index is -0.558. The Bertz CT molecular complexity index is 1310. The molecule has 4 rings (SSSR count). The smallest absolute Gasteiger partial charge is 0.300 e.